The molecule has 1 amide bonds. The largest absolute Gasteiger partial charge is 0.487 e. The maximum Gasteiger partial charge on any atom is 0.233 e. The topological polar surface area (TPSA) is 38.3 Å². The number of rotatable bonds is 7. The molecule has 1 heterocycles. The molecule has 2 aromatic carbocycles. The van der Waals surface area contributed by atoms with Crippen molar-refractivity contribution in [2.75, 3.05) is 0 Å². The van der Waals surface area contributed by atoms with Crippen molar-refractivity contribution < 1.29 is 9.53 Å². The second kappa shape index (κ2) is 8.83. The molecule has 0 unspecified atom stereocenters. The summed E-state index contributed by atoms with van der Waals surface area (Å²) in [5.74, 6) is 1.84. The third-order valence-electron chi connectivity index (χ3n) is 5.51. The van der Waals surface area contributed by atoms with Gasteiger partial charge < -0.3 is 10.1 Å². The van der Waals surface area contributed by atoms with Gasteiger partial charge in [-0.2, -0.15) is 0 Å². The fourth-order valence-corrected chi connectivity index (χ4v) is 4.44. The first-order chi connectivity index (χ1) is 13.1. The van der Waals surface area contributed by atoms with Crippen molar-refractivity contribution >= 4 is 17.7 Å². The van der Waals surface area contributed by atoms with E-state index in [-0.39, 0.29) is 22.8 Å². The zero-order valence-corrected chi connectivity index (χ0v) is 17.2. The minimum absolute atomic E-state index is 0.00197. The average Bonchev–Trinajstić information content (AvgIpc) is 2.72. The van der Waals surface area contributed by atoms with Crippen LogP contribution < -0.4 is 10.1 Å². The van der Waals surface area contributed by atoms with Crippen molar-refractivity contribution in [3.8, 4) is 5.75 Å². The molecule has 1 aliphatic rings. The smallest absolute Gasteiger partial charge is 0.233 e. The summed E-state index contributed by atoms with van der Waals surface area (Å²) >= 11 is 1.68. The number of nitrogens with one attached hydrogen (secondary N) is 1. The second-order valence-corrected chi connectivity index (χ2v) is 8.56. The molecular formula is C23H29NO2S. The van der Waals surface area contributed by atoms with Gasteiger partial charge in [-0.3, -0.25) is 4.79 Å². The van der Waals surface area contributed by atoms with Gasteiger partial charge in [0.25, 0.3) is 0 Å². The van der Waals surface area contributed by atoms with Gasteiger partial charge in [0.15, 0.2) is 0 Å². The minimum atomic E-state index is -0.202. The summed E-state index contributed by atoms with van der Waals surface area (Å²) in [6.45, 7) is 6.31. The van der Waals surface area contributed by atoms with Crippen LogP contribution in [0, 0.1) is 0 Å². The predicted octanol–water partition coefficient (Wildman–Crippen LogP) is 5.51. The van der Waals surface area contributed by atoms with E-state index in [1.807, 2.05) is 43.3 Å². The predicted molar refractivity (Wildman–Crippen MR) is 113 cm³/mol. The summed E-state index contributed by atoms with van der Waals surface area (Å²) in [4.78, 5) is 12.9. The van der Waals surface area contributed by atoms with E-state index in [1.165, 1.54) is 5.56 Å². The lowest BCUT2D eigenvalue weighted by Crippen LogP contribution is -2.45. The number of hydrogen-bond donors (Lipinski definition) is 1. The van der Waals surface area contributed by atoms with Crippen molar-refractivity contribution in [1.82, 2.24) is 5.32 Å². The fraction of sp³-hybridized carbons (Fsp3) is 0.435. The first-order valence-electron chi connectivity index (χ1n) is 9.80. The van der Waals surface area contributed by atoms with Crippen LogP contribution in [0.1, 0.15) is 57.2 Å². The Hall–Kier alpha value is -1.94. The Morgan fingerprint density at radius 1 is 1.15 bits per heavy atom. The quantitative estimate of drug-likeness (QED) is 0.685. The Morgan fingerprint density at radius 2 is 1.81 bits per heavy atom. The molecule has 0 bridgehead atoms. The molecule has 0 spiro atoms. The van der Waals surface area contributed by atoms with Gasteiger partial charge in [0.05, 0.1) is 11.3 Å². The van der Waals surface area contributed by atoms with E-state index >= 15 is 0 Å². The van der Waals surface area contributed by atoms with Gasteiger partial charge in [-0.1, -0.05) is 62.4 Å². The summed E-state index contributed by atoms with van der Waals surface area (Å²) in [5.41, 5.74) is 2.13. The van der Waals surface area contributed by atoms with Gasteiger partial charge in [0.1, 0.15) is 11.4 Å². The Kier molecular flexibility index (Phi) is 6.48. The number of amides is 1. The molecule has 144 valence electrons. The zero-order valence-electron chi connectivity index (χ0n) is 16.4. The number of ether oxygens (including phenoxy) is 1. The van der Waals surface area contributed by atoms with E-state index in [0.717, 1.165) is 36.3 Å². The molecule has 0 radical (unpaired) electrons. The lowest BCUT2D eigenvalue weighted by molar-refractivity contribution is -0.121. The van der Waals surface area contributed by atoms with Crippen LogP contribution in [0.2, 0.25) is 0 Å². The molecule has 27 heavy (non-hydrogen) atoms. The number of benzene rings is 2. The summed E-state index contributed by atoms with van der Waals surface area (Å²) in [6, 6.07) is 18.4. The number of para-hydroxylation sites is 1. The summed E-state index contributed by atoms with van der Waals surface area (Å²) < 4.78 is 6.34. The summed E-state index contributed by atoms with van der Waals surface area (Å²) in [6.07, 6.45) is 2.68. The highest BCUT2D eigenvalue weighted by molar-refractivity contribution is 7.99. The van der Waals surface area contributed by atoms with E-state index in [2.05, 4.69) is 37.4 Å². The maximum atomic E-state index is 12.9. The Labute approximate surface area is 166 Å². The highest BCUT2D eigenvalue weighted by atomic mass is 32.2. The van der Waals surface area contributed by atoms with Gasteiger partial charge >= 0.3 is 0 Å². The van der Waals surface area contributed by atoms with Gasteiger partial charge in [-0.05, 0) is 31.4 Å². The molecule has 2 atom stereocenters. The lowest BCUT2D eigenvalue weighted by Gasteiger charge is -2.42. The van der Waals surface area contributed by atoms with Crippen LogP contribution in [0.15, 0.2) is 54.6 Å². The van der Waals surface area contributed by atoms with Crippen LogP contribution in [0.4, 0.5) is 0 Å². The molecule has 1 aliphatic heterocycles. The molecule has 3 nitrogen and oxygen atoms in total. The van der Waals surface area contributed by atoms with Gasteiger partial charge in [0.2, 0.25) is 5.91 Å². The van der Waals surface area contributed by atoms with Gasteiger partial charge in [0, 0.05) is 17.7 Å². The third kappa shape index (κ3) is 4.67. The Morgan fingerprint density at radius 3 is 2.52 bits per heavy atom. The summed E-state index contributed by atoms with van der Waals surface area (Å²) in [7, 11) is 0. The average molecular weight is 384 g/mol. The van der Waals surface area contributed by atoms with E-state index < -0.39 is 0 Å². The van der Waals surface area contributed by atoms with Crippen LogP contribution in [-0.4, -0.2) is 16.8 Å². The maximum absolute atomic E-state index is 12.9. The molecule has 0 fully saturated rings. The highest BCUT2D eigenvalue weighted by Crippen LogP contribution is 2.42. The first kappa shape index (κ1) is 19.8. The molecule has 0 aromatic heterocycles. The molecule has 0 saturated carbocycles. The third-order valence-corrected chi connectivity index (χ3v) is 6.73. The number of carbonyl (C=O) groups is 1. The van der Waals surface area contributed by atoms with Crippen molar-refractivity contribution in [2.24, 2.45) is 0 Å². The number of thioether (sulfide) groups is 1. The molecule has 0 aliphatic carbocycles. The van der Waals surface area contributed by atoms with Crippen molar-refractivity contribution in [3.05, 3.63) is 65.7 Å². The fourth-order valence-electron chi connectivity index (χ4n) is 3.59. The van der Waals surface area contributed by atoms with E-state index in [0.29, 0.717) is 0 Å². The molecule has 2 aromatic rings. The van der Waals surface area contributed by atoms with Crippen LogP contribution in [0.3, 0.4) is 0 Å². The standard InChI is InChI=1S/C23H29NO2S/c1-4-23(5-2)15-20(19-13-9-10-14-21(19)26-23)24-22(25)17(3)27-16-18-11-7-6-8-12-18/h6-14,17,20H,4-5,15-16H2,1-3H3,(H,24,25)/t17-,20-/m0/s1. The molecule has 3 rings (SSSR count). The second-order valence-electron chi connectivity index (χ2n) is 7.23. The number of fused-ring (bicyclic) bond motifs is 1. The zero-order chi connectivity index (χ0) is 19.3. The minimum Gasteiger partial charge on any atom is -0.487 e. The highest BCUT2D eigenvalue weighted by Gasteiger charge is 2.39. The molecule has 0 saturated heterocycles. The first-order valence-corrected chi connectivity index (χ1v) is 10.9. The molecule has 1 N–H and O–H groups in total. The van der Waals surface area contributed by atoms with Crippen LogP contribution in [0.5, 0.6) is 5.75 Å². The Bertz CT molecular complexity index is 758. The normalized spacial score (nSPS) is 18.9. The number of hydrogen-bond acceptors (Lipinski definition) is 3. The SMILES string of the molecule is CCC1(CC)C[C@H](NC(=O)[C@H](C)SCc2ccccc2)c2ccccc2O1. The summed E-state index contributed by atoms with van der Waals surface area (Å²) in [5, 5.41) is 3.20. The van der Waals surface area contributed by atoms with Crippen LogP contribution in [0.25, 0.3) is 0 Å². The number of carbonyl (C=O) groups excluding carboxylic acids is 1. The van der Waals surface area contributed by atoms with Gasteiger partial charge in [-0.15, -0.1) is 11.8 Å². The van der Waals surface area contributed by atoms with Crippen LogP contribution >= 0.6 is 11.8 Å². The van der Waals surface area contributed by atoms with Gasteiger partial charge in [-0.25, -0.2) is 0 Å². The van der Waals surface area contributed by atoms with Crippen LogP contribution in [-0.2, 0) is 10.5 Å². The Balaban J connectivity index is 1.68. The van der Waals surface area contributed by atoms with Crippen molar-refractivity contribution in [3.63, 3.8) is 0 Å². The monoisotopic (exact) mass is 383 g/mol. The van der Waals surface area contributed by atoms with Crippen molar-refractivity contribution in [1.29, 1.82) is 0 Å². The van der Waals surface area contributed by atoms with E-state index in [1.54, 1.807) is 11.8 Å². The molecule has 4 heteroatoms. The van der Waals surface area contributed by atoms with E-state index in [9.17, 15) is 4.79 Å². The lowest BCUT2D eigenvalue weighted by atomic mass is 9.83. The van der Waals surface area contributed by atoms with Crippen molar-refractivity contribution in [2.45, 2.75) is 62.7 Å². The molecular weight excluding hydrogens is 354 g/mol. The van der Waals surface area contributed by atoms with E-state index in [4.69, 9.17) is 4.74 Å².